The Hall–Kier alpha value is -1.58. The van der Waals surface area contributed by atoms with E-state index in [1.54, 1.807) is 0 Å². The fraction of sp³-hybridized carbons (Fsp3) is 0.455. The third-order valence-electron chi connectivity index (χ3n) is 2.95. The number of nitrogen functional groups attached to an aromatic ring is 1. The lowest BCUT2D eigenvalue weighted by atomic mass is 9.96. The Balaban J connectivity index is 2.37. The molecule has 1 aliphatic rings. The zero-order chi connectivity index (χ0) is 10.4. The largest absolute Gasteiger partial charge is 0.442 e. The summed E-state index contributed by atoms with van der Waals surface area (Å²) in [6, 6.07) is 0. The van der Waals surface area contributed by atoms with Crippen LogP contribution < -0.4 is 5.73 Å². The van der Waals surface area contributed by atoms with Gasteiger partial charge in [-0.25, -0.2) is 4.98 Å². The van der Waals surface area contributed by atoms with E-state index >= 15 is 0 Å². The summed E-state index contributed by atoms with van der Waals surface area (Å²) >= 11 is 0. The van der Waals surface area contributed by atoms with Gasteiger partial charge in [-0.1, -0.05) is 0 Å². The van der Waals surface area contributed by atoms with Gasteiger partial charge in [0.1, 0.15) is 17.4 Å². The van der Waals surface area contributed by atoms with Crippen molar-refractivity contribution in [3.63, 3.8) is 0 Å². The average molecular weight is 203 g/mol. The minimum Gasteiger partial charge on any atom is -0.442 e. The van der Waals surface area contributed by atoms with E-state index < -0.39 is 0 Å². The molecule has 0 bridgehead atoms. The molecule has 15 heavy (non-hydrogen) atoms. The van der Waals surface area contributed by atoms with Crippen LogP contribution >= 0.6 is 0 Å². The monoisotopic (exact) mass is 203 g/mol. The van der Waals surface area contributed by atoms with Crippen molar-refractivity contribution in [3.8, 4) is 0 Å². The Morgan fingerprint density at radius 1 is 1.20 bits per heavy atom. The van der Waals surface area contributed by atoms with E-state index in [4.69, 9.17) is 10.2 Å². The van der Waals surface area contributed by atoms with Gasteiger partial charge in [0.25, 0.3) is 0 Å². The summed E-state index contributed by atoms with van der Waals surface area (Å²) in [6.45, 7) is 1.83. The van der Waals surface area contributed by atoms with Crippen LogP contribution in [0.25, 0.3) is 11.1 Å². The normalized spacial score (nSPS) is 15.5. The third kappa shape index (κ3) is 1.21. The Morgan fingerprint density at radius 3 is 2.87 bits per heavy atom. The molecule has 2 aromatic rings. The number of rotatable bonds is 0. The molecule has 4 heteroatoms. The van der Waals surface area contributed by atoms with Gasteiger partial charge in [0.2, 0.25) is 5.71 Å². The Kier molecular flexibility index (Phi) is 1.71. The van der Waals surface area contributed by atoms with Crippen molar-refractivity contribution in [2.45, 2.75) is 32.6 Å². The average Bonchev–Trinajstić information content (AvgIpc) is 2.54. The molecule has 1 aliphatic carbocycles. The highest BCUT2D eigenvalue weighted by Gasteiger charge is 2.20. The van der Waals surface area contributed by atoms with Crippen LogP contribution in [-0.4, -0.2) is 9.97 Å². The van der Waals surface area contributed by atoms with E-state index in [-0.39, 0.29) is 0 Å². The van der Waals surface area contributed by atoms with Gasteiger partial charge in [-0.05, 0) is 26.2 Å². The molecule has 0 fully saturated rings. The molecule has 2 aromatic heterocycles. The first-order valence-electron chi connectivity index (χ1n) is 5.30. The number of aromatic nitrogens is 2. The van der Waals surface area contributed by atoms with Crippen molar-refractivity contribution >= 4 is 16.9 Å². The quantitative estimate of drug-likeness (QED) is 0.711. The Bertz CT molecular complexity index is 530. The second-order valence-electron chi connectivity index (χ2n) is 4.05. The molecule has 0 aliphatic heterocycles. The summed E-state index contributed by atoms with van der Waals surface area (Å²) in [5, 5.41) is 0.940. The molecule has 3 rings (SSSR count). The third-order valence-corrected chi connectivity index (χ3v) is 2.95. The number of aryl methyl sites for hydroxylation is 3. The van der Waals surface area contributed by atoms with Crippen molar-refractivity contribution < 1.29 is 4.42 Å². The Morgan fingerprint density at radius 2 is 2.00 bits per heavy atom. The number of furan rings is 1. The number of hydrogen-bond donors (Lipinski definition) is 1. The predicted molar refractivity (Wildman–Crippen MR) is 57.6 cm³/mol. The molecule has 4 nitrogen and oxygen atoms in total. The summed E-state index contributed by atoms with van der Waals surface area (Å²) in [6.07, 6.45) is 4.44. The minimum absolute atomic E-state index is 0.560. The van der Waals surface area contributed by atoms with E-state index in [1.807, 2.05) is 6.92 Å². The zero-order valence-corrected chi connectivity index (χ0v) is 8.71. The number of nitrogens with zero attached hydrogens (tertiary/aromatic N) is 2. The second kappa shape index (κ2) is 2.95. The zero-order valence-electron chi connectivity index (χ0n) is 8.71. The van der Waals surface area contributed by atoms with Gasteiger partial charge in [0.15, 0.2) is 0 Å². The molecule has 0 radical (unpaired) electrons. The first kappa shape index (κ1) is 8.71. The highest BCUT2D eigenvalue weighted by molar-refractivity contribution is 5.89. The highest BCUT2D eigenvalue weighted by Crippen LogP contribution is 2.33. The lowest BCUT2D eigenvalue weighted by molar-refractivity contribution is 0.499. The van der Waals surface area contributed by atoms with Crippen molar-refractivity contribution in [2.75, 3.05) is 5.73 Å². The summed E-state index contributed by atoms with van der Waals surface area (Å²) in [4.78, 5) is 8.47. The van der Waals surface area contributed by atoms with Crippen LogP contribution in [0.2, 0.25) is 0 Å². The van der Waals surface area contributed by atoms with Gasteiger partial charge in [-0.2, -0.15) is 4.98 Å². The van der Waals surface area contributed by atoms with Gasteiger partial charge < -0.3 is 10.2 Å². The maximum absolute atomic E-state index is 5.91. The van der Waals surface area contributed by atoms with Crippen molar-refractivity contribution in [1.29, 1.82) is 0 Å². The molecule has 0 saturated heterocycles. The van der Waals surface area contributed by atoms with Gasteiger partial charge in [-0.3, -0.25) is 0 Å². The predicted octanol–water partition coefficient (Wildman–Crippen LogP) is 1.99. The van der Waals surface area contributed by atoms with E-state index in [2.05, 4.69) is 9.97 Å². The summed E-state index contributed by atoms with van der Waals surface area (Å²) < 4.78 is 5.72. The highest BCUT2D eigenvalue weighted by atomic mass is 16.3. The number of anilines is 1. The van der Waals surface area contributed by atoms with E-state index in [9.17, 15) is 0 Å². The van der Waals surface area contributed by atoms with Crippen molar-refractivity contribution in [2.24, 2.45) is 0 Å². The van der Waals surface area contributed by atoms with Gasteiger partial charge in [-0.15, -0.1) is 0 Å². The molecule has 0 amide bonds. The fourth-order valence-corrected chi connectivity index (χ4v) is 2.30. The van der Waals surface area contributed by atoms with Crippen molar-refractivity contribution in [1.82, 2.24) is 9.97 Å². The standard InChI is InChI=1S/C11H13N3O/c1-6-13-10(12)9-7-4-2-3-5-8(7)15-11(9)14-6/h2-5H2,1H3,(H2,12,13,14). The first-order chi connectivity index (χ1) is 7.25. The minimum atomic E-state index is 0.560. The van der Waals surface area contributed by atoms with Gasteiger partial charge in [0, 0.05) is 12.0 Å². The molecule has 0 unspecified atom stereocenters. The number of hydrogen-bond acceptors (Lipinski definition) is 4. The van der Waals surface area contributed by atoms with Crippen LogP contribution in [0, 0.1) is 6.92 Å². The molecular formula is C11H13N3O. The molecule has 2 heterocycles. The van der Waals surface area contributed by atoms with Crippen LogP contribution in [-0.2, 0) is 12.8 Å². The van der Waals surface area contributed by atoms with Crippen LogP contribution in [0.1, 0.15) is 30.0 Å². The topological polar surface area (TPSA) is 64.9 Å². The van der Waals surface area contributed by atoms with E-state index in [0.29, 0.717) is 17.4 Å². The summed E-state index contributed by atoms with van der Waals surface area (Å²) in [5.41, 5.74) is 7.80. The lowest BCUT2D eigenvalue weighted by Gasteiger charge is -2.08. The fourth-order valence-electron chi connectivity index (χ4n) is 2.30. The maximum Gasteiger partial charge on any atom is 0.231 e. The van der Waals surface area contributed by atoms with Crippen LogP contribution in [0.3, 0.4) is 0 Å². The lowest BCUT2D eigenvalue weighted by Crippen LogP contribution is -2.01. The molecule has 0 saturated carbocycles. The summed E-state index contributed by atoms with van der Waals surface area (Å²) in [7, 11) is 0. The Labute approximate surface area is 87.5 Å². The van der Waals surface area contributed by atoms with E-state index in [1.165, 1.54) is 18.4 Å². The van der Waals surface area contributed by atoms with Crippen LogP contribution in [0.4, 0.5) is 5.82 Å². The number of fused-ring (bicyclic) bond motifs is 3. The van der Waals surface area contributed by atoms with Crippen LogP contribution in [0.5, 0.6) is 0 Å². The van der Waals surface area contributed by atoms with Crippen LogP contribution in [0.15, 0.2) is 4.42 Å². The molecule has 0 aromatic carbocycles. The molecule has 78 valence electrons. The molecular weight excluding hydrogens is 190 g/mol. The SMILES string of the molecule is Cc1nc(N)c2c3c(oc2n1)CCCC3. The maximum atomic E-state index is 5.91. The summed E-state index contributed by atoms with van der Waals surface area (Å²) in [5.74, 6) is 2.29. The second-order valence-corrected chi connectivity index (χ2v) is 4.05. The first-order valence-corrected chi connectivity index (χ1v) is 5.30. The van der Waals surface area contributed by atoms with E-state index in [0.717, 1.165) is 24.0 Å². The van der Waals surface area contributed by atoms with Gasteiger partial charge >= 0.3 is 0 Å². The molecule has 2 N–H and O–H groups in total. The smallest absolute Gasteiger partial charge is 0.231 e. The number of nitrogens with two attached hydrogens (primary N) is 1. The van der Waals surface area contributed by atoms with Crippen molar-refractivity contribution in [3.05, 3.63) is 17.1 Å². The van der Waals surface area contributed by atoms with Gasteiger partial charge in [0.05, 0.1) is 5.39 Å². The molecule has 0 spiro atoms. The molecule has 0 atom stereocenters.